The van der Waals surface area contributed by atoms with Crippen molar-refractivity contribution >= 4 is 39.1 Å². The lowest BCUT2D eigenvalue weighted by molar-refractivity contribution is -0.119. The Kier molecular flexibility index (Phi) is 6.75. The molecule has 0 fully saturated rings. The Bertz CT molecular complexity index is 1490. The maximum absolute atomic E-state index is 13.5. The number of ether oxygens (including phenoxy) is 1. The molecule has 0 saturated heterocycles. The van der Waals surface area contributed by atoms with E-state index in [1.807, 2.05) is 57.2 Å². The van der Waals surface area contributed by atoms with Gasteiger partial charge in [-0.2, -0.15) is 0 Å². The van der Waals surface area contributed by atoms with Gasteiger partial charge in [0.1, 0.15) is 16.8 Å². The summed E-state index contributed by atoms with van der Waals surface area (Å²) in [5.74, 6) is -0.541. The molecule has 35 heavy (non-hydrogen) atoms. The number of nitrogens with two attached hydrogens (primary N) is 1. The molecular weight excluding hydrogens is 462 g/mol. The van der Waals surface area contributed by atoms with Crippen molar-refractivity contribution in [1.29, 1.82) is 0 Å². The van der Waals surface area contributed by atoms with Gasteiger partial charge in [0, 0.05) is 22.4 Å². The number of hydrogen-bond donors (Lipinski definition) is 2. The summed E-state index contributed by atoms with van der Waals surface area (Å²) in [5.41, 5.74) is 9.61. The molecule has 180 valence electrons. The summed E-state index contributed by atoms with van der Waals surface area (Å²) in [6.07, 6.45) is 0.351. The molecule has 2 heterocycles. The summed E-state index contributed by atoms with van der Waals surface area (Å²) < 4.78 is 7.00. The van der Waals surface area contributed by atoms with Gasteiger partial charge in [-0.3, -0.25) is 19.0 Å². The second-order valence-electron chi connectivity index (χ2n) is 8.39. The van der Waals surface area contributed by atoms with Crippen LogP contribution in [0.4, 0.5) is 5.00 Å². The highest BCUT2D eigenvalue weighted by Crippen LogP contribution is 2.36. The molecule has 2 aromatic carbocycles. The predicted molar refractivity (Wildman–Crippen MR) is 140 cm³/mol. The van der Waals surface area contributed by atoms with Crippen LogP contribution < -0.4 is 21.3 Å². The number of aryl methyl sites for hydroxylation is 2. The lowest BCUT2D eigenvalue weighted by atomic mass is 10.0. The molecule has 0 aliphatic heterocycles. The quantitative estimate of drug-likeness (QED) is 0.379. The minimum atomic E-state index is -0.826. The summed E-state index contributed by atoms with van der Waals surface area (Å²) >= 11 is 1.23. The number of anilines is 1. The molecular formula is C27H27N3O4S. The number of nitrogens with zero attached hydrogens (tertiary/aromatic N) is 1. The number of hydrogen-bond acceptors (Lipinski definition) is 5. The second kappa shape index (κ2) is 9.76. The lowest BCUT2D eigenvalue weighted by Crippen LogP contribution is -2.33. The van der Waals surface area contributed by atoms with Crippen LogP contribution in [0.2, 0.25) is 0 Å². The number of rotatable bonds is 7. The van der Waals surface area contributed by atoms with E-state index in [9.17, 15) is 14.4 Å². The fraction of sp³-hybridized carbons (Fsp3) is 0.222. The van der Waals surface area contributed by atoms with E-state index in [4.69, 9.17) is 10.5 Å². The topological polar surface area (TPSA) is 103 Å². The molecule has 1 atom stereocenters. The number of para-hydroxylation sites is 1. The molecule has 8 heteroatoms. The first-order valence-corrected chi connectivity index (χ1v) is 12.1. The molecule has 2 amide bonds. The number of amides is 2. The number of aromatic nitrogens is 1. The van der Waals surface area contributed by atoms with Crippen molar-refractivity contribution in [3.05, 3.63) is 81.0 Å². The minimum absolute atomic E-state index is 0.251. The van der Waals surface area contributed by atoms with Gasteiger partial charge < -0.3 is 15.8 Å². The van der Waals surface area contributed by atoms with Crippen LogP contribution in [-0.4, -0.2) is 23.5 Å². The predicted octanol–water partition coefficient (Wildman–Crippen LogP) is 5.04. The Hall–Kier alpha value is -3.91. The first kappa shape index (κ1) is 24.2. The molecule has 3 N–H and O–H groups in total. The van der Waals surface area contributed by atoms with Crippen molar-refractivity contribution in [3.8, 4) is 16.9 Å². The van der Waals surface area contributed by atoms with Gasteiger partial charge in [0.2, 0.25) is 5.91 Å². The zero-order valence-electron chi connectivity index (χ0n) is 20.0. The van der Waals surface area contributed by atoms with Crippen LogP contribution in [0.1, 0.15) is 40.9 Å². The van der Waals surface area contributed by atoms with E-state index in [0.717, 1.165) is 22.1 Å². The third-order valence-corrected chi connectivity index (χ3v) is 7.00. The standard InChI is InChI=1S/C27H27N3O4S/c1-5-20(30-22(31)13-16(3)18-7-6-8-21(34-4)24(18)30)26(33)29-27-23(25(28)32)19(14-35-27)17-11-9-15(2)10-12-17/h6-14,20H,5H2,1-4H3,(H2,28,32)(H,29,33). The number of carbonyl (C=O) groups excluding carboxylic acids is 2. The second-order valence-corrected chi connectivity index (χ2v) is 9.27. The molecule has 0 aliphatic rings. The monoisotopic (exact) mass is 489 g/mol. The molecule has 2 aromatic heterocycles. The Labute approximate surface area is 207 Å². The van der Waals surface area contributed by atoms with Crippen LogP contribution in [-0.2, 0) is 4.79 Å². The van der Waals surface area contributed by atoms with Gasteiger partial charge in [0.15, 0.2) is 0 Å². The molecule has 0 radical (unpaired) electrons. The zero-order valence-corrected chi connectivity index (χ0v) is 20.9. The molecule has 4 aromatic rings. The first-order chi connectivity index (χ1) is 16.8. The third kappa shape index (κ3) is 4.44. The van der Waals surface area contributed by atoms with E-state index < -0.39 is 17.9 Å². The summed E-state index contributed by atoms with van der Waals surface area (Å²) in [7, 11) is 1.53. The van der Waals surface area contributed by atoms with Crippen molar-refractivity contribution in [3.63, 3.8) is 0 Å². The van der Waals surface area contributed by atoms with E-state index in [1.54, 1.807) is 11.4 Å². The van der Waals surface area contributed by atoms with Gasteiger partial charge in [-0.1, -0.05) is 48.9 Å². The molecule has 0 aliphatic carbocycles. The SMILES string of the molecule is CCC(C(=O)Nc1scc(-c2ccc(C)cc2)c1C(N)=O)n1c(=O)cc(C)c2cccc(OC)c21. The number of thiophene rings is 1. The number of carbonyl (C=O) groups is 2. The molecule has 0 saturated carbocycles. The number of benzene rings is 2. The maximum atomic E-state index is 13.5. The number of pyridine rings is 1. The Morgan fingerprint density at radius 2 is 1.86 bits per heavy atom. The highest BCUT2D eigenvalue weighted by Gasteiger charge is 2.27. The summed E-state index contributed by atoms with van der Waals surface area (Å²) in [6.45, 7) is 5.67. The van der Waals surface area contributed by atoms with Gasteiger partial charge in [0.05, 0.1) is 18.2 Å². The van der Waals surface area contributed by atoms with Gasteiger partial charge in [-0.05, 0) is 37.5 Å². The summed E-state index contributed by atoms with van der Waals surface area (Å²) in [6, 6.07) is 13.9. The van der Waals surface area contributed by atoms with Crippen molar-refractivity contribution in [2.45, 2.75) is 33.2 Å². The zero-order chi connectivity index (χ0) is 25.3. The molecule has 7 nitrogen and oxygen atoms in total. The van der Waals surface area contributed by atoms with Gasteiger partial charge in [-0.25, -0.2) is 0 Å². The van der Waals surface area contributed by atoms with Crippen LogP contribution in [0.3, 0.4) is 0 Å². The van der Waals surface area contributed by atoms with E-state index in [2.05, 4.69) is 5.32 Å². The number of nitrogens with one attached hydrogen (secondary N) is 1. The molecule has 0 spiro atoms. The van der Waals surface area contributed by atoms with Crippen LogP contribution in [0, 0.1) is 13.8 Å². The smallest absolute Gasteiger partial charge is 0.252 e. The Balaban J connectivity index is 1.79. The maximum Gasteiger partial charge on any atom is 0.252 e. The van der Waals surface area contributed by atoms with Crippen molar-refractivity contribution < 1.29 is 14.3 Å². The highest BCUT2D eigenvalue weighted by atomic mass is 32.1. The largest absolute Gasteiger partial charge is 0.495 e. The normalized spacial score (nSPS) is 11.9. The lowest BCUT2D eigenvalue weighted by Gasteiger charge is -2.22. The molecule has 1 unspecified atom stereocenters. The Morgan fingerprint density at radius 1 is 1.14 bits per heavy atom. The third-order valence-electron chi connectivity index (χ3n) is 6.10. The first-order valence-electron chi connectivity index (χ1n) is 11.2. The number of methoxy groups -OCH3 is 1. The van der Waals surface area contributed by atoms with Crippen LogP contribution >= 0.6 is 11.3 Å². The Morgan fingerprint density at radius 3 is 2.49 bits per heavy atom. The van der Waals surface area contributed by atoms with Crippen molar-refractivity contribution in [2.24, 2.45) is 5.73 Å². The average Bonchev–Trinajstić information content (AvgIpc) is 3.25. The molecule has 0 bridgehead atoms. The van der Waals surface area contributed by atoms with Gasteiger partial charge >= 0.3 is 0 Å². The van der Waals surface area contributed by atoms with E-state index in [0.29, 0.717) is 28.3 Å². The van der Waals surface area contributed by atoms with E-state index in [1.165, 1.54) is 29.1 Å². The highest BCUT2D eigenvalue weighted by molar-refractivity contribution is 7.15. The van der Waals surface area contributed by atoms with Crippen molar-refractivity contribution in [2.75, 3.05) is 12.4 Å². The van der Waals surface area contributed by atoms with Gasteiger partial charge in [0.25, 0.3) is 11.5 Å². The fourth-order valence-electron chi connectivity index (χ4n) is 4.33. The fourth-order valence-corrected chi connectivity index (χ4v) is 5.30. The van der Waals surface area contributed by atoms with Crippen molar-refractivity contribution in [1.82, 2.24) is 4.57 Å². The summed E-state index contributed by atoms with van der Waals surface area (Å²) in [4.78, 5) is 39.1. The number of fused-ring (bicyclic) bond motifs is 1. The molecule has 4 rings (SSSR count). The summed E-state index contributed by atoms with van der Waals surface area (Å²) in [5, 5.41) is 5.85. The minimum Gasteiger partial charge on any atom is -0.495 e. The van der Waals surface area contributed by atoms with Crippen LogP contribution in [0.5, 0.6) is 5.75 Å². The van der Waals surface area contributed by atoms with Crippen LogP contribution in [0.15, 0.2) is 58.7 Å². The van der Waals surface area contributed by atoms with E-state index in [-0.39, 0.29) is 11.1 Å². The van der Waals surface area contributed by atoms with Gasteiger partial charge in [-0.15, -0.1) is 11.3 Å². The number of primary amides is 1. The van der Waals surface area contributed by atoms with Crippen LogP contribution in [0.25, 0.3) is 22.0 Å². The van der Waals surface area contributed by atoms with E-state index >= 15 is 0 Å². The average molecular weight is 490 g/mol.